The molecule has 0 radical (unpaired) electrons. The van der Waals surface area contributed by atoms with E-state index in [1.165, 1.54) is 37.7 Å². The Labute approximate surface area is 217 Å². The maximum Gasteiger partial charge on any atom is 0.222 e. The summed E-state index contributed by atoms with van der Waals surface area (Å²) in [5.41, 5.74) is 11.0. The van der Waals surface area contributed by atoms with E-state index in [1.807, 2.05) is 4.68 Å². The van der Waals surface area contributed by atoms with E-state index >= 15 is 0 Å². The summed E-state index contributed by atoms with van der Waals surface area (Å²) in [6.45, 7) is 4.53. The standard InChI is InChI=1S/C28H37N7O2/c1-37-23-7-18(14-34-16-28(17-34)10-21(36)11-28)3-4-20(23)15-35-24-22(13-31-35)32-26(29)33-25(24)30-12-19-8-27(9-19)5-2-6-27/h3-4,7,13,19,21,36H,2,5-6,8-12,14-17H2,1H3,(H3,29,30,32,33). The van der Waals surface area contributed by atoms with Crippen molar-refractivity contribution in [2.75, 3.05) is 37.8 Å². The molecule has 1 saturated heterocycles. The van der Waals surface area contributed by atoms with Crippen LogP contribution in [-0.2, 0) is 13.1 Å². The first kappa shape index (κ1) is 23.2. The molecule has 1 aliphatic heterocycles. The first-order valence-corrected chi connectivity index (χ1v) is 13.7. The fourth-order valence-electron chi connectivity index (χ4n) is 7.54. The van der Waals surface area contributed by atoms with Gasteiger partial charge in [0.25, 0.3) is 0 Å². The lowest BCUT2D eigenvalue weighted by molar-refractivity contribution is -0.131. The number of aromatic nitrogens is 4. The molecule has 0 atom stereocenters. The smallest absolute Gasteiger partial charge is 0.222 e. The second kappa shape index (κ2) is 8.56. The van der Waals surface area contributed by atoms with Gasteiger partial charge in [-0.25, -0.2) is 4.98 Å². The van der Waals surface area contributed by atoms with Crippen molar-refractivity contribution < 1.29 is 9.84 Å². The molecule has 1 aromatic carbocycles. The molecule has 9 heteroatoms. The van der Waals surface area contributed by atoms with Crippen molar-refractivity contribution in [2.24, 2.45) is 16.7 Å². The zero-order valence-corrected chi connectivity index (χ0v) is 21.6. The number of nitrogen functional groups attached to an aromatic ring is 1. The number of fused-ring (bicyclic) bond motifs is 1. The van der Waals surface area contributed by atoms with Crippen LogP contribution < -0.4 is 15.8 Å². The largest absolute Gasteiger partial charge is 0.496 e. The van der Waals surface area contributed by atoms with E-state index < -0.39 is 0 Å². The highest BCUT2D eigenvalue weighted by atomic mass is 16.5. The molecule has 37 heavy (non-hydrogen) atoms. The van der Waals surface area contributed by atoms with E-state index in [-0.39, 0.29) is 12.1 Å². The van der Waals surface area contributed by atoms with Crippen LogP contribution >= 0.6 is 0 Å². The summed E-state index contributed by atoms with van der Waals surface area (Å²) in [6, 6.07) is 6.47. The number of hydrogen-bond donors (Lipinski definition) is 3. The van der Waals surface area contributed by atoms with Crippen LogP contribution in [0.25, 0.3) is 11.0 Å². The first-order valence-electron chi connectivity index (χ1n) is 13.7. The van der Waals surface area contributed by atoms with Crippen LogP contribution in [0.5, 0.6) is 5.75 Å². The predicted molar refractivity (Wildman–Crippen MR) is 142 cm³/mol. The number of nitrogens with zero attached hydrogens (tertiary/aromatic N) is 5. The molecular formula is C28H37N7O2. The maximum atomic E-state index is 9.66. The van der Waals surface area contributed by atoms with Gasteiger partial charge in [0.15, 0.2) is 5.82 Å². The lowest BCUT2D eigenvalue weighted by atomic mass is 9.52. The van der Waals surface area contributed by atoms with Crippen molar-refractivity contribution in [1.82, 2.24) is 24.6 Å². The van der Waals surface area contributed by atoms with E-state index in [2.05, 4.69) is 43.5 Å². The van der Waals surface area contributed by atoms with Crippen molar-refractivity contribution >= 4 is 22.8 Å². The third-order valence-electron chi connectivity index (χ3n) is 9.45. The summed E-state index contributed by atoms with van der Waals surface area (Å²) in [5, 5.41) is 17.9. The average Bonchev–Trinajstić information content (AvgIpc) is 3.17. The Bertz CT molecular complexity index is 1310. The highest BCUT2D eigenvalue weighted by molar-refractivity contribution is 5.86. The van der Waals surface area contributed by atoms with Crippen molar-refractivity contribution in [2.45, 2.75) is 64.1 Å². The third-order valence-corrected chi connectivity index (χ3v) is 9.45. The molecule has 0 unspecified atom stereocenters. The predicted octanol–water partition coefficient (Wildman–Crippen LogP) is 3.41. The molecule has 3 aromatic rings. The van der Waals surface area contributed by atoms with Gasteiger partial charge < -0.3 is 20.9 Å². The zero-order valence-electron chi connectivity index (χ0n) is 21.6. The van der Waals surface area contributed by atoms with Crippen LogP contribution in [0, 0.1) is 16.7 Å². The molecule has 3 aliphatic carbocycles. The van der Waals surface area contributed by atoms with Crippen molar-refractivity contribution in [3.05, 3.63) is 35.5 Å². The molecule has 0 amide bonds. The number of aliphatic hydroxyl groups is 1. The molecule has 2 spiro atoms. The minimum absolute atomic E-state index is 0.0879. The number of methoxy groups -OCH3 is 1. The summed E-state index contributed by atoms with van der Waals surface area (Å²) < 4.78 is 7.74. The molecule has 9 nitrogen and oxygen atoms in total. The van der Waals surface area contributed by atoms with E-state index in [1.54, 1.807) is 13.3 Å². The van der Waals surface area contributed by atoms with Crippen LogP contribution in [0.2, 0.25) is 0 Å². The first-order chi connectivity index (χ1) is 17.9. The molecule has 4 N–H and O–H groups in total. The van der Waals surface area contributed by atoms with Crippen LogP contribution in [0.15, 0.2) is 24.4 Å². The number of nitrogens with two attached hydrogens (primary N) is 1. The van der Waals surface area contributed by atoms with Gasteiger partial charge in [-0.05, 0) is 61.5 Å². The highest BCUT2D eigenvalue weighted by Gasteiger charge is 2.51. The second-order valence-electron chi connectivity index (χ2n) is 12.3. The lowest BCUT2D eigenvalue weighted by Crippen LogP contribution is -2.63. The third kappa shape index (κ3) is 4.12. The van der Waals surface area contributed by atoms with Gasteiger partial charge in [-0.3, -0.25) is 9.58 Å². The Morgan fingerprint density at radius 3 is 2.62 bits per heavy atom. The second-order valence-corrected chi connectivity index (χ2v) is 12.3. The molecule has 0 bridgehead atoms. The van der Waals surface area contributed by atoms with E-state index in [9.17, 15) is 5.11 Å². The Morgan fingerprint density at radius 1 is 1.11 bits per heavy atom. The zero-order chi connectivity index (χ0) is 25.2. The number of nitrogens with one attached hydrogen (secondary N) is 1. The summed E-state index contributed by atoms with van der Waals surface area (Å²) in [5.74, 6) is 2.59. The number of benzene rings is 1. The highest BCUT2D eigenvalue weighted by Crippen LogP contribution is 2.58. The van der Waals surface area contributed by atoms with Crippen LogP contribution in [0.3, 0.4) is 0 Å². The van der Waals surface area contributed by atoms with Gasteiger partial charge >= 0.3 is 0 Å². The average molecular weight is 504 g/mol. The van der Waals surface area contributed by atoms with Crippen LogP contribution in [0.4, 0.5) is 11.8 Å². The fourth-order valence-corrected chi connectivity index (χ4v) is 7.54. The number of ether oxygens (including phenoxy) is 1. The topological polar surface area (TPSA) is 114 Å². The maximum absolute atomic E-state index is 9.66. The number of anilines is 2. The van der Waals surface area contributed by atoms with Crippen molar-refractivity contribution in [3.8, 4) is 5.75 Å². The molecule has 4 aliphatic rings. The lowest BCUT2D eigenvalue weighted by Gasteiger charge is -2.58. The quantitative estimate of drug-likeness (QED) is 0.429. The monoisotopic (exact) mass is 503 g/mol. The Balaban J connectivity index is 1.06. The minimum Gasteiger partial charge on any atom is -0.496 e. The van der Waals surface area contributed by atoms with E-state index in [0.717, 1.165) is 67.2 Å². The molecule has 3 heterocycles. The van der Waals surface area contributed by atoms with E-state index in [0.29, 0.717) is 23.3 Å². The summed E-state index contributed by atoms with van der Waals surface area (Å²) in [6.07, 6.45) is 10.5. The Kier molecular flexibility index (Phi) is 5.37. The number of rotatable bonds is 8. The van der Waals surface area contributed by atoms with Gasteiger partial charge in [0.1, 0.15) is 16.8 Å². The van der Waals surface area contributed by atoms with Crippen LogP contribution in [-0.4, -0.2) is 62.6 Å². The number of aliphatic hydroxyl groups excluding tert-OH is 1. The fraction of sp³-hybridized carbons (Fsp3) is 0.607. The molecule has 3 saturated carbocycles. The Hall–Kier alpha value is -2.91. The van der Waals surface area contributed by atoms with Gasteiger partial charge in [-0.1, -0.05) is 18.6 Å². The Morgan fingerprint density at radius 2 is 1.92 bits per heavy atom. The molecule has 196 valence electrons. The molecule has 7 rings (SSSR count). The van der Waals surface area contributed by atoms with Crippen molar-refractivity contribution in [1.29, 1.82) is 0 Å². The minimum atomic E-state index is -0.0879. The molecule has 2 aromatic heterocycles. The summed E-state index contributed by atoms with van der Waals surface area (Å²) >= 11 is 0. The molecular weight excluding hydrogens is 466 g/mol. The van der Waals surface area contributed by atoms with Gasteiger partial charge in [0.05, 0.1) is 26.0 Å². The number of likely N-dealkylation sites (tertiary alicyclic amines) is 1. The SMILES string of the molecule is COc1cc(CN2CC3(CC(O)C3)C2)ccc1Cn1ncc2nc(N)nc(NCC3CC4(CCC4)C3)c21. The normalized spacial score (nSPS) is 23.9. The van der Waals surface area contributed by atoms with E-state index in [4.69, 9.17) is 10.5 Å². The van der Waals surface area contributed by atoms with Gasteiger partial charge in [-0.15, -0.1) is 0 Å². The van der Waals surface area contributed by atoms with Crippen molar-refractivity contribution in [3.63, 3.8) is 0 Å². The van der Waals surface area contributed by atoms with Gasteiger partial charge in [0.2, 0.25) is 5.95 Å². The van der Waals surface area contributed by atoms with Crippen LogP contribution in [0.1, 0.15) is 56.1 Å². The summed E-state index contributed by atoms with van der Waals surface area (Å²) in [7, 11) is 1.72. The molecule has 4 fully saturated rings. The van der Waals surface area contributed by atoms with Gasteiger partial charge in [-0.2, -0.15) is 10.1 Å². The summed E-state index contributed by atoms with van der Waals surface area (Å²) in [4.78, 5) is 11.4. The van der Waals surface area contributed by atoms with Gasteiger partial charge in [0, 0.05) is 37.2 Å². The number of hydrogen-bond acceptors (Lipinski definition) is 8.